The van der Waals surface area contributed by atoms with Gasteiger partial charge in [0.25, 0.3) is 0 Å². The first-order valence-electron chi connectivity index (χ1n) is 7.59. The zero-order valence-corrected chi connectivity index (χ0v) is 13.0. The Bertz CT molecular complexity index is 439. The van der Waals surface area contributed by atoms with Crippen LogP contribution in [0.25, 0.3) is 0 Å². The second-order valence-corrected chi connectivity index (χ2v) is 5.83. The van der Waals surface area contributed by atoms with Crippen molar-refractivity contribution in [2.45, 2.75) is 45.1 Å². The fourth-order valence-electron chi connectivity index (χ4n) is 2.18. The number of aliphatic hydroxyl groups is 1. The number of fused-ring (bicyclic) bond motifs is 1. The number of para-hydroxylation sites is 2. The zero-order chi connectivity index (χ0) is 15.2. The Balaban J connectivity index is 1.76. The third-order valence-electron chi connectivity index (χ3n) is 3.53. The van der Waals surface area contributed by atoms with Crippen molar-refractivity contribution in [1.82, 2.24) is 10.6 Å². The van der Waals surface area contributed by atoms with Crippen molar-refractivity contribution >= 4 is 0 Å². The Morgan fingerprint density at radius 1 is 1.14 bits per heavy atom. The summed E-state index contributed by atoms with van der Waals surface area (Å²) >= 11 is 0. The molecule has 5 nitrogen and oxygen atoms in total. The van der Waals surface area contributed by atoms with Crippen LogP contribution < -0.4 is 20.1 Å². The van der Waals surface area contributed by atoms with E-state index >= 15 is 0 Å². The number of benzene rings is 1. The standard InChI is InChI=1S/C16H26N2O3/c1-11(2)17-8-13(19)9-18-12(3)16-10-20-14-6-4-5-7-15(14)21-16/h4-7,11-13,16-19H,8-10H2,1-3H3/t12-,13+,16-/m1/s1. The Kier molecular flexibility index (Phi) is 5.85. The molecule has 0 bridgehead atoms. The van der Waals surface area contributed by atoms with Crippen molar-refractivity contribution in [2.75, 3.05) is 19.7 Å². The van der Waals surface area contributed by atoms with Crippen LogP contribution in [0.4, 0.5) is 0 Å². The lowest BCUT2D eigenvalue weighted by molar-refractivity contribution is 0.0612. The molecule has 21 heavy (non-hydrogen) atoms. The molecule has 0 spiro atoms. The lowest BCUT2D eigenvalue weighted by Crippen LogP contribution is -2.49. The van der Waals surface area contributed by atoms with Crippen LogP contribution in [0.1, 0.15) is 20.8 Å². The van der Waals surface area contributed by atoms with Gasteiger partial charge in [-0.25, -0.2) is 0 Å². The lowest BCUT2D eigenvalue weighted by Gasteiger charge is -2.31. The van der Waals surface area contributed by atoms with Crippen molar-refractivity contribution in [3.05, 3.63) is 24.3 Å². The molecule has 1 heterocycles. The van der Waals surface area contributed by atoms with Gasteiger partial charge in [0.05, 0.1) is 6.10 Å². The van der Waals surface area contributed by atoms with Crippen LogP contribution in [0.2, 0.25) is 0 Å². The Morgan fingerprint density at radius 2 is 1.81 bits per heavy atom. The van der Waals surface area contributed by atoms with Crippen molar-refractivity contribution in [2.24, 2.45) is 0 Å². The number of ether oxygens (including phenoxy) is 2. The molecule has 0 aromatic heterocycles. The van der Waals surface area contributed by atoms with Gasteiger partial charge in [-0.3, -0.25) is 0 Å². The molecule has 0 fully saturated rings. The molecular formula is C16H26N2O3. The Hall–Kier alpha value is -1.30. The summed E-state index contributed by atoms with van der Waals surface area (Å²) in [5, 5.41) is 16.4. The van der Waals surface area contributed by atoms with E-state index in [4.69, 9.17) is 9.47 Å². The molecule has 1 aliphatic rings. The molecule has 0 amide bonds. The van der Waals surface area contributed by atoms with Gasteiger partial charge in [-0.1, -0.05) is 26.0 Å². The van der Waals surface area contributed by atoms with Crippen LogP contribution in [0, 0.1) is 0 Å². The van der Waals surface area contributed by atoms with Crippen molar-refractivity contribution in [3.63, 3.8) is 0 Å². The molecule has 3 atom stereocenters. The molecule has 3 N–H and O–H groups in total. The molecule has 0 saturated heterocycles. The second-order valence-electron chi connectivity index (χ2n) is 5.83. The van der Waals surface area contributed by atoms with Crippen molar-refractivity contribution in [1.29, 1.82) is 0 Å². The molecule has 2 rings (SSSR count). The molecule has 0 aliphatic carbocycles. The first kappa shape index (κ1) is 16.1. The topological polar surface area (TPSA) is 62.8 Å². The molecule has 0 saturated carbocycles. The molecule has 1 aliphatic heterocycles. The summed E-state index contributed by atoms with van der Waals surface area (Å²) in [6, 6.07) is 8.17. The minimum atomic E-state index is -0.411. The normalized spacial score (nSPS) is 20.3. The van der Waals surface area contributed by atoms with Crippen LogP contribution in [-0.4, -0.2) is 49.1 Å². The second kappa shape index (κ2) is 7.64. The van der Waals surface area contributed by atoms with Gasteiger partial charge in [0.2, 0.25) is 0 Å². The molecule has 0 unspecified atom stereocenters. The summed E-state index contributed by atoms with van der Waals surface area (Å²) in [6.07, 6.45) is -0.461. The average molecular weight is 294 g/mol. The van der Waals surface area contributed by atoms with E-state index in [0.717, 1.165) is 11.5 Å². The first-order chi connectivity index (χ1) is 10.1. The van der Waals surface area contributed by atoms with E-state index < -0.39 is 6.10 Å². The number of nitrogens with one attached hydrogen (secondary N) is 2. The summed E-state index contributed by atoms with van der Waals surface area (Å²) in [5.41, 5.74) is 0. The maximum absolute atomic E-state index is 9.91. The van der Waals surface area contributed by atoms with E-state index in [-0.39, 0.29) is 12.1 Å². The van der Waals surface area contributed by atoms with E-state index in [2.05, 4.69) is 24.5 Å². The minimum absolute atomic E-state index is 0.0508. The van der Waals surface area contributed by atoms with Crippen LogP contribution in [0.15, 0.2) is 24.3 Å². The van der Waals surface area contributed by atoms with Crippen LogP contribution >= 0.6 is 0 Å². The Labute approximate surface area is 126 Å². The maximum Gasteiger partial charge on any atom is 0.161 e. The summed E-state index contributed by atoms with van der Waals surface area (Å²) in [5.74, 6) is 1.58. The Morgan fingerprint density at radius 3 is 2.52 bits per heavy atom. The SMILES string of the molecule is CC(C)NC[C@H](O)CN[C@H](C)[C@H]1COc2ccccc2O1. The van der Waals surface area contributed by atoms with Gasteiger partial charge in [-0.2, -0.15) is 0 Å². The van der Waals surface area contributed by atoms with Gasteiger partial charge >= 0.3 is 0 Å². The quantitative estimate of drug-likeness (QED) is 0.704. The summed E-state index contributed by atoms with van der Waals surface area (Å²) in [6.45, 7) is 7.81. The molecule has 0 radical (unpaired) electrons. The molecule has 5 heteroatoms. The number of hydrogen-bond acceptors (Lipinski definition) is 5. The summed E-state index contributed by atoms with van der Waals surface area (Å²) in [4.78, 5) is 0. The molecular weight excluding hydrogens is 268 g/mol. The number of rotatable bonds is 7. The van der Waals surface area contributed by atoms with Gasteiger partial charge in [0.1, 0.15) is 12.7 Å². The summed E-state index contributed by atoms with van der Waals surface area (Å²) < 4.78 is 11.6. The predicted molar refractivity (Wildman–Crippen MR) is 83.0 cm³/mol. The first-order valence-corrected chi connectivity index (χ1v) is 7.59. The van der Waals surface area contributed by atoms with Crippen LogP contribution in [-0.2, 0) is 0 Å². The van der Waals surface area contributed by atoms with Gasteiger partial charge in [-0.15, -0.1) is 0 Å². The highest BCUT2D eigenvalue weighted by Crippen LogP contribution is 2.31. The minimum Gasteiger partial charge on any atom is -0.486 e. The zero-order valence-electron chi connectivity index (χ0n) is 13.0. The van der Waals surface area contributed by atoms with Gasteiger partial charge in [0.15, 0.2) is 11.5 Å². The highest BCUT2D eigenvalue weighted by atomic mass is 16.6. The summed E-state index contributed by atoms with van der Waals surface area (Å²) in [7, 11) is 0. The largest absolute Gasteiger partial charge is 0.486 e. The van der Waals surface area contributed by atoms with Crippen LogP contribution in [0.3, 0.4) is 0 Å². The molecule has 118 valence electrons. The van der Waals surface area contributed by atoms with E-state index in [1.165, 1.54) is 0 Å². The third kappa shape index (κ3) is 4.88. The number of aliphatic hydroxyl groups excluding tert-OH is 1. The number of hydrogen-bond donors (Lipinski definition) is 3. The average Bonchev–Trinajstić information content (AvgIpc) is 2.50. The molecule has 1 aromatic rings. The van der Waals surface area contributed by atoms with Crippen molar-refractivity contribution < 1.29 is 14.6 Å². The highest BCUT2D eigenvalue weighted by molar-refractivity contribution is 5.40. The molecule has 1 aromatic carbocycles. The predicted octanol–water partition coefficient (Wildman–Crippen LogP) is 1.16. The van der Waals surface area contributed by atoms with E-state index in [1.54, 1.807) is 0 Å². The van der Waals surface area contributed by atoms with Crippen LogP contribution in [0.5, 0.6) is 11.5 Å². The lowest BCUT2D eigenvalue weighted by atomic mass is 10.1. The van der Waals surface area contributed by atoms with Gasteiger partial charge in [-0.05, 0) is 19.1 Å². The highest BCUT2D eigenvalue weighted by Gasteiger charge is 2.26. The van der Waals surface area contributed by atoms with Gasteiger partial charge < -0.3 is 25.2 Å². The van der Waals surface area contributed by atoms with E-state index in [9.17, 15) is 5.11 Å². The van der Waals surface area contributed by atoms with Gasteiger partial charge in [0, 0.05) is 25.2 Å². The smallest absolute Gasteiger partial charge is 0.161 e. The van der Waals surface area contributed by atoms with E-state index in [0.29, 0.717) is 25.7 Å². The fraction of sp³-hybridized carbons (Fsp3) is 0.625. The van der Waals surface area contributed by atoms with Crippen molar-refractivity contribution in [3.8, 4) is 11.5 Å². The maximum atomic E-state index is 9.91. The van der Waals surface area contributed by atoms with E-state index in [1.807, 2.05) is 31.2 Å². The monoisotopic (exact) mass is 294 g/mol. The third-order valence-corrected chi connectivity index (χ3v) is 3.53. The fourth-order valence-corrected chi connectivity index (χ4v) is 2.18.